The zero-order valence-corrected chi connectivity index (χ0v) is 22.8. The molecule has 206 valence electrons. The molecule has 9 heteroatoms. The van der Waals surface area contributed by atoms with Crippen LogP contribution in [0, 0.1) is 5.82 Å². The van der Waals surface area contributed by atoms with Crippen molar-refractivity contribution in [3.63, 3.8) is 0 Å². The molecule has 0 saturated heterocycles. The van der Waals surface area contributed by atoms with Gasteiger partial charge in [0.25, 0.3) is 5.56 Å². The Morgan fingerprint density at radius 2 is 1.85 bits per heavy atom. The number of carbonyl (C=O) groups is 1. The molecule has 8 nitrogen and oxygen atoms in total. The zero-order valence-electron chi connectivity index (χ0n) is 22.8. The highest BCUT2D eigenvalue weighted by molar-refractivity contribution is 6.05. The van der Waals surface area contributed by atoms with Crippen molar-refractivity contribution in [1.82, 2.24) is 19.2 Å². The van der Waals surface area contributed by atoms with E-state index in [9.17, 15) is 9.59 Å². The molecule has 40 heavy (non-hydrogen) atoms. The lowest BCUT2D eigenvalue weighted by molar-refractivity contribution is -0.127. The molecular formula is C31H33FN6O2. The Hall–Kier alpha value is -4.53. The van der Waals surface area contributed by atoms with Gasteiger partial charge in [-0.05, 0) is 71.8 Å². The van der Waals surface area contributed by atoms with Crippen LogP contribution in [0.2, 0.25) is 0 Å². The molecule has 0 bridgehead atoms. The molecule has 5 rings (SSSR count). The molecular weight excluding hydrogens is 507 g/mol. The van der Waals surface area contributed by atoms with Gasteiger partial charge in [-0.2, -0.15) is 5.10 Å². The highest BCUT2D eigenvalue weighted by atomic mass is 19.1. The number of nitrogens with two attached hydrogens (primary N) is 1. The van der Waals surface area contributed by atoms with Crippen LogP contribution in [0.1, 0.15) is 38.7 Å². The van der Waals surface area contributed by atoms with Gasteiger partial charge in [0.15, 0.2) is 0 Å². The third-order valence-electron chi connectivity index (χ3n) is 7.05. The average Bonchev–Trinajstić information content (AvgIpc) is 3.40. The number of aromatic nitrogens is 3. The number of pyridine rings is 1. The van der Waals surface area contributed by atoms with E-state index < -0.39 is 5.82 Å². The predicted molar refractivity (Wildman–Crippen MR) is 157 cm³/mol. The number of fused-ring (bicyclic) bond motifs is 2. The first-order valence-electron chi connectivity index (χ1n) is 13.6. The smallest absolute Gasteiger partial charge is 0.258 e. The van der Waals surface area contributed by atoms with Crippen LogP contribution in [-0.2, 0) is 17.9 Å². The fraction of sp³-hybridized carbons (Fsp3) is 0.290. The molecule has 0 fully saturated rings. The Morgan fingerprint density at radius 1 is 1.05 bits per heavy atom. The first-order chi connectivity index (χ1) is 19.4. The standard InChI is InChI=1S/C31H33FN6O2/c1-3-10-36(11-4-2)30(39)24-17-26-27(32)18-23(19-28(26)35-29(33)20-24)21-6-7-25-22(16-21)8-13-37(31(25)40)14-15-38-12-5-9-34-38/h5-9,12-13,16-19H,3-4,10-11,14-15,20H2,1-2H3,(H2,33,35). The van der Waals surface area contributed by atoms with E-state index in [-0.39, 0.29) is 29.3 Å². The predicted octanol–water partition coefficient (Wildman–Crippen LogP) is 5.13. The second kappa shape index (κ2) is 11.7. The molecule has 2 aromatic carbocycles. The highest BCUT2D eigenvalue weighted by Crippen LogP contribution is 2.35. The van der Waals surface area contributed by atoms with Gasteiger partial charge < -0.3 is 15.2 Å². The van der Waals surface area contributed by atoms with Gasteiger partial charge in [-0.15, -0.1) is 0 Å². The average molecular weight is 541 g/mol. The van der Waals surface area contributed by atoms with Gasteiger partial charge in [-0.25, -0.2) is 9.38 Å². The van der Waals surface area contributed by atoms with Gasteiger partial charge in [-0.3, -0.25) is 14.3 Å². The van der Waals surface area contributed by atoms with Crippen molar-refractivity contribution >= 4 is 34.3 Å². The summed E-state index contributed by atoms with van der Waals surface area (Å²) in [7, 11) is 0. The number of rotatable bonds is 9. The van der Waals surface area contributed by atoms with E-state index in [0.717, 1.165) is 23.8 Å². The van der Waals surface area contributed by atoms with Crippen LogP contribution in [0.3, 0.4) is 0 Å². The van der Waals surface area contributed by atoms with E-state index in [1.807, 2.05) is 44.3 Å². The molecule has 0 spiro atoms. The molecule has 3 heterocycles. The number of aryl methyl sites for hydroxylation is 2. The van der Waals surface area contributed by atoms with Gasteiger partial charge >= 0.3 is 0 Å². The van der Waals surface area contributed by atoms with Gasteiger partial charge in [0, 0.05) is 61.2 Å². The molecule has 0 radical (unpaired) electrons. The van der Waals surface area contributed by atoms with Crippen LogP contribution < -0.4 is 11.3 Å². The van der Waals surface area contributed by atoms with E-state index in [1.165, 1.54) is 6.07 Å². The van der Waals surface area contributed by atoms with Gasteiger partial charge in [0.2, 0.25) is 5.91 Å². The Labute approximate surface area is 232 Å². The zero-order chi connectivity index (χ0) is 28.2. The molecule has 1 amide bonds. The molecule has 0 saturated carbocycles. The van der Waals surface area contributed by atoms with Crippen LogP contribution >= 0.6 is 0 Å². The summed E-state index contributed by atoms with van der Waals surface area (Å²) in [6, 6.07) is 12.4. The Balaban J connectivity index is 1.47. The van der Waals surface area contributed by atoms with Crippen molar-refractivity contribution in [2.75, 3.05) is 13.1 Å². The van der Waals surface area contributed by atoms with Crippen LogP contribution in [0.15, 0.2) is 76.4 Å². The summed E-state index contributed by atoms with van der Waals surface area (Å²) in [6.45, 7) is 6.40. The van der Waals surface area contributed by atoms with Crippen LogP contribution in [0.25, 0.3) is 28.0 Å². The normalized spacial score (nSPS) is 13.0. The summed E-state index contributed by atoms with van der Waals surface area (Å²) in [5.41, 5.74) is 8.53. The maximum Gasteiger partial charge on any atom is 0.258 e. The van der Waals surface area contributed by atoms with Crippen molar-refractivity contribution in [3.8, 4) is 11.1 Å². The van der Waals surface area contributed by atoms with Crippen LogP contribution in [0.4, 0.5) is 10.1 Å². The lowest BCUT2D eigenvalue weighted by Crippen LogP contribution is -2.34. The SMILES string of the molecule is CCCN(CCC)C(=O)C1=Cc2c(F)cc(-c3ccc4c(=O)n(CCn5cccn5)ccc4c3)cc2N=C(N)C1. The van der Waals surface area contributed by atoms with E-state index in [1.54, 1.807) is 44.8 Å². The Kier molecular flexibility index (Phi) is 7.91. The summed E-state index contributed by atoms with van der Waals surface area (Å²) in [4.78, 5) is 32.6. The summed E-state index contributed by atoms with van der Waals surface area (Å²) < 4.78 is 19.0. The summed E-state index contributed by atoms with van der Waals surface area (Å²) in [5, 5.41) is 5.53. The van der Waals surface area contributed by atoms with Gasteiger partial charge in [-0.1, -0.05) is 19.9 Å². The molecule has 0 unspecified atom stereocenters. The van der Waals surface area contributed by atoms with Crippen molar-refractivity contribution in [3.05, 3.63) is 88.4 Å². The molecule has 2 aromatic heterocycles. The first-order valence-corrected chi connectivity index (χ1v) is 13.6. The fourth-order valence-corrected chi connectivity index (χ4v) is 5.10. The number of hydrogen-bond donors (Lipinski definition) is 1. The van der Waals surface area contributed by atoms with Gasteiger partial charge in [0.1, 0.15) is 11.7 Å². The Morgan fingerprint density at radius 3 is 2.58 bits per heavy atom. The molecule has 2 N–H and O–H groups in total. The molecule has 4 aromatic rings. The maximum atomic E-state index is 15.6. The number of benzene rings is 2. The summed E-state index contributed by atoms with van der Waals surface area (Å²) >= 11 is 0. The van der Waals surface area contributed by atoms with Gasteiger partial charge in [0.05, 0.1) is 12.2 Å². The van der Waals surface area contributed by atoms with Crippen molar-refractivity contribution in [2.24, 2.45) is 10.7 Å². The fourth-order valence-electron chi connectivity index (χ4n) is 5.10. The van der Waals surface area contributed by atoms with Crippen LogP contribution in [0.5, 0.6) is 0 Å². The number of carbonyl (C=O) groups excluding carboxylic acids is 1. The first kappa shape index (κ1) is 27.1. The van der Waals surface area contributed by atoms with Crippen LogP contribution in [-0.4, -0.2) is 44.1 Å². The molecule has 0 atom stereocenters. The minimum absolute atomic E-state index is 0.0933. The minimum atomic E-state index is -0.483. The number of aliphatic imine (C=N–C) groups is 1. The van der Waals surface area contributed by atoms with Crippen molar-refractivity contribution in [1.29, 1.82) is 0 Å². The topological polar surface area (TPSA) is 98.5 Å². The minimum Gasteiger partial charge on any atom is -0.387 e. The molecule has 1 aliphatic heterocycles. The number of halogens is 1. The third kappa shape index (κ3) is 5.59. The van der Waals surface area contributed by atoms with Crippen molar-refractivity contribution in [2.45, 2.75) is 46.2 Å². The third-order valence-corrected chi connectivity index (χ3v) is 7.05. The second-order valence-corrected chi connectivity index (χ2v) is 10.0. The number of nitrogens with zero attached hydrogens (tertiary/aromatic N) is 5. The lowest BCUT2D eigenvalue weighted by Gasteiger charge is -2.22. The van der Waals surface area contributed by atoms with E-state index >= 15 is 4.39 Å². The van der Waals surface area contributed by atoms with E-state index in [0.29, 0.717) is 48.4 Å². The molecule has 0 aliphatic carbocycles. The number of amidine groups is 1. The monoisotopic (exact) mass is 540 g/mol. The van der Waals surface area contributed by atoms with Crippen molar-refractivity contribution < 1.29 is 9.18 Å². The van der Waals surface area contributed by atoms with E-state index in [4.69, 9.17) is 5.73 Å². The quantitative estimate of drug-likeness (QED) is 0.318. The summed E-state index contributed by atoms with van der Waals surface area (Å²) in [6.07, 6.45) is 8.75. The number of hydrogen-bond acceptors (Lipinski definition) is 5. The lowest BCUT2D eigenvalue weighted by atomic mass is 9.98. The Bertz CT molecular complexity index is 1660. The highest BCUT2D eigenvalue weighted by Gasteiger charge is 2.23. The van der Waals surface area contributed by atoms with E-state index in [2.05, 4.69) is 10.1 Å². The largest absolute Gasteiger partial charge is 0.387 e. The molecule has 1 aliphatic rings. The number of amides is 1. The second-order valence-electron chi connectivity index (χ2n) is 10.0. The maximum absolute atomic E-state index is 15.6. The summed E-state index contributed by atoms with van der Waals surface area (Å²) in [5.74, 6) is -0.358.